The van der Waals surface area contributed by atoms with E-state index in [1.807, 2.05) is 0 Å². The average Bonchev–Trinajstić information content (AvgIpc) is 2.22. The Morgan fingerprint density at radius 3 is 2.11 bits per heavy atom. The Balaban J connectivity index is 2.25. The molecule has 0 saturated heterocycles. The molecule has 0 amide bonds. The number of carbonyl (C=O) groups excluding carboxylic acids is 1. The molecule has 1 saturated carbocycles. The van der Waals surface area contributed by atoms with Crippen LogP contribution in [0.15, 0.2) is 24.3 Å². The summed E-state index contributed by atoms with van der Waals surface area (Å²) in [7, 11) is 0. The molecule has 1 aromatic carbocycles. The van der Waals surface area contributed by atoms with Crippen molar-refractivity contribution >= 4 is 5.97 Å². The maximum absolute atomic E-state index is 12.4. The van der Waals surface area contributed by atoms with E-state index in [9.17, 15) is 18.0 Å². The average molecular weight is 258 g/mol. The van der Waals surface area contributed by atoms with Crippen molar-refractivity contribution in [1.82, 2.24) is 0 Å². The van der Waals surface area contributed by atoms with Gasteiger partial charge in [0.05, 0.1) is 5.56 Å². The third-order valence-electron chi connectivity index (χ3n) is 3.24. The van der Waals surface area contributed by atoms with Gasteiger partial charge in [0.2, 0.25) is 0 Å². The number of hydrogen-bond acceptors (Lipinski definition) is 2. The first-order chi connectivity index (χ1) is 8.33. The summed E-state index contributed by atoms with van der Waals surface area (Å²) in [6.07, 6.45) is -2.10. The number of carbonyl (C=O) groups is 1. The summed E-state index contributed by atoms with van der Waals surface area (Å²) in [6.45, 7) is 1.31. The van der Waals surface area contributed by atoms with Gasteiger partial charge in [-0.25, -0.2) is 0 Å². The summed E-state index contributed by atoms with van der Waals surface area (Å²) in [5.41, 5.74) is -0.767. The highest BCUT2D eigenvalue weighted by atomic mass is 19.4. The van der Waals surface area contributed by atoms with Crippen LogP contribution in [-0.4, -0.2) is 5.97 Å². The topological polar surface area (TPSA) is 26.3 Å². The molecule has 5 heteroatoms. The Labute approximate surface area is 103 Å². The van der Waals surface area contributed by atoms with E-state index in [1.54, 1.807) is 0 Å². The molecule has 0 radical (unpaired) electrons. The summed E-state index contributed by atoms with van der Waals surface area (Å²) in [4.78, 5) is 11.0. The van der Waals surface area contributed by atoms with E-state index in [0.29, 0.717) is 18.4 Å². The van der Waals surface area contributed by atoms with E-state index in [-0.39, 0.29) is 0 Å². The van der Waals surface area contributed by atoms with Crippen LogP contribution in [0.4, 0.5) is 13.2 Å². The van der Waals surface area contributed by atoms with Crippen molar-refractivity contribution in [2.24, 2.45) is 0 Å². The minimum atomic E-state index is -4.34. The van der Waals surface area contributed by atoms with Gasteiger partial charge in [-0.05, 0) is 37.0 Å². The molecule has 0 N–H and O–H groups in total. The van der Waals surface area contributed by atoms with E-state index in [2.05, 4.69) is 0 Å². The van der Waals surface area contributed by atoms with Crippen LogP contribution in [0.25, 0.3) is 0 Å². The first-order valence-electron chi connectivity index (χ1n) is 5.71. The Bertz CT molecular complexity index is 444. The van der Waals surface area contributed by atoms with Crippen LogP contribution in [0.1, 0.15) is 37.3 Å². The van der Waals surface area contributed by atoms with Crippen LogP contribution in [-0.2, 0) is 21.3 Å². The summed E-state index contributed by atoms with van der Waals surface area (Å²) in [6, 6.07) is 4.84. The van der Waals surface area contributed by atoms with E-state index in [0.717, 1.165) is 18.6 Å². The number of ether oxygens (including phenoxy) is 1. The van der Waals surface area contributed by atoms with E-state index in [4.69, 9.17) is 4.74 Å². The lowest BCUT2D eigenvalue weighted by atomic mass is 9.74. The van der Waals surface area contributed by atoms with Gasteiger partial charge in [-0.2, -0.15) is 13.2 Å². The van der Waals surface area contributed by atoms with Gasteiger partial charge >= 0.3 is 12.1 Å². The van der Waals surface area contributed by atoms with Crippen molar-refractivity contribution in [2.45, 2.75) is 38.0 Å². The van der Waals surface area contributed by atoms with E-state index in [1.165, 1.54) is 19.1 Å². The van der Waals surface area contributed by atoms with E-state index < -0.39 is 23.3 Å². The highest BCUT2D eigenvalue weighted by Gasteiger charge is 2.42. The largest absolute Gasteiger partial charge is 0.454 e. The van der Waals surface area contributed by atoms with Gasteiger partial charge < -0.3 is 4.74 Å². The maximum atomic E-state index is 12.4. The van der Waals surface area contributed by atoms with Crippen LogP contribution in [0.3, 0.4) is 0 Å². The van der Waals surface area contributed by atoms with Gasteiger partial charge in [0.25, 0.3) is 0 Å². The number of halogens is 3. The summed E-state index contributed by atoms with van der Waals surface area (Å²) < 4.78 is 42.6. The zero-order valence-electron chi connectivity index (χ0n) is 9.88. The Kier molecular flexibility index (Phi) is 3.09. The molecule has 2 nitrogen and oxygen atoms in total. The minimum absolute atomic E-state index is 0.408. The summed E-state index contributed by atoms with van der Waals surface area (Å²) >= 11 is 0. The second-order valence-electron chi connectivity index (χ2n) is 4.52. The lowest BCUT2D eigenvalue weighted by Gasteiger charge is -2.41. The van der Waals surface area contributed by atoms with Gasteiger partial charge in [0.1, 0.15) is 5.60 Å². The first-order valence-corrected chi connectivity index (χ1v) is 5.71. The van der Waals surface area contributed by atoms with Crippen molar-refractivity contribution in [2.75, 3.05) is 0 Å². The zero-order valence-corrected chi connectivity index (χ0v) is 9.88. The highest BCUT2D eigenvalue weighted by molar-refractivity contribution is 5.67. The van der Waals surface area contributed by atoms with Crippen molar-refractivity contribution in [1.29, 1.82) is 0 Å². The fraction of sp³-hybridized carbons (Fsp3) is 0.462. The van der Waals surface area contributed by atoms with Gasteiger partial charge in [0.15, 0.2) is 0 Å². The fourth-order valence-corrected chi connectivity index (χ4v) is 2.19. The lowest BCUT2D eigenvalue weighted by Crippen LogP contribution is -2.38. The molecule has 0 bridgehead atoms. The maximum Gasteiger partial charge on any atom is 0.416 e. The summed E-state index contributed by atoms with van der Waals surface area (Å²) in [5.74, 6) is -0.408. The molecular weight excluding hydrogens is 245 g/mol. The predicted molar refractivity (Wildman–Crippen MR) is 58.7 cm³/mol. The standard InChI is InChI=1S/C13H13F3O2/c1-9(17)18-12(7-2-8-12)10-3-5-11(6-4-10)13(14,15)16/h3-6H,2,7-8H2,1H3. The molecule has 1 aromatic rings. The number of esters is 1. The van der Waals surface area contributed by atoms with Crippen LogP contribution in [0.2, 0.25) is 0 Å². The third kappa shape index (κ3) is 2.35. The molecule has 1 aliphatic carbocycles. The molecule has 0 heterocycles. The van der Waals surface area contributed by atoms with Crippen LogP contribution >= 0.6 is 0 Å². The molecule has 98 valence electrons. The molecule has 0 unspecified atom stereocenters. The van der Waals surface area contributed by atoms with Gasteiger partial charge in [-0.1, -0.05) is 12.1 Å². The second kappa shape index (κ2) is 4.30. The van der Waals surface area contributed by atoms with Gasteiger partial charge in [0, 0.05) is 6.92 Å². The molecule has 0 aliphatic heterocycles. The van der Waals surface area contributed by atoms with Crippen LogP contribution in [0.5, 0.6) is 0 Å². The fourth-order valence-electron chi connectivity index (χ4n) is 2.19. The van der Waals surface area contributed by atoms with E-state index >= 15 is 0 Å². The Hall–Kier alpha value is -1.52. The van der Waals surface area contributed by atoms with Crippen molar-refractivity contribution in [3.05, 3.63) is 35.4 Å². The summed E-state index contributed by atoms with van der Waals surface area (Å²) in [5, 5.41) is 0. The molecule has 0 atom stereocenters. The Morgan fingerprint density at radius 1 is 1.22 bits per heavy atom. The number of hydrogen-bond donors (Lipinski definition) is 0. The normalized spacial score (nSPS) is 18.0. The van der Waals surface area contributed by atoms with Crippen molar-refractivity contribution in [3.63, 3.8) is 0 Å². The Morgan fingerprint density at radius 2 is 1.78 bits per heavy atom. The predicted octanol–water partition coefficient (Wildman–Crippen LogP) is 3.65. The third-order valence-corrected chi connectivity index (χ3v) is 3.24. The van der Waals surface area contributed by atoms with Crippen molar-refractivity contribution < 1.29 is 22.7 Å². The van der Waals surface area contributed by atoms with Crippen LogP contribution < -0.4 is 0 Å². The van der Waals surface area contributed by atoms with Gasteiger partial charge in [-0.15, -0.1) is 0 Å². The molecule has 0 spiro atoms. The smallest absolute Gasteiger partial charge is 0.416 e. The number of alkyl halides is 3. The molecule has 0 aromatic heterocycles. The molecule has 1 aliphatic rings. The first kappa shape index (κ1) is 12.9. The molecule has 2 rings (SSSR count). The van der Waals surface area contributed by atoms with Crippen LogP contribution in [0, 0.1) is 0 Å². The lowest BCUT2D eigenvalue weighted by molar-refractivity contribution is -0.169. The molecule has 1 fully saturated rings. The second-order valence-corrected chi connectivity index (χ2v) is 4.52. The minimum Gasteiger partial charge on any atom is -0.454 e. The monoisotopic (exact) mass is 258 g/mol. The molecule has 18 heavy (non-hydrogen) atoms. The SMILES string of the molecule is CC(=O)OC1(c2ccc(C(F)(F)F)cc2)CCC1. The number of benzene rings is 1. The molecular formula is C13H13F3O2. The highest BCUT2D eigenvalue weighted by Crippen LogP contribution is 2.45. The van der Waals surface area contributed by atoms with Crippen molar-refractivity contribution in [3.8, 4) is 0 Å². The van der Waals surface area contributed by atoms with Gasteiger partial charge in [-0.3, -0.25) is 4.79 Å². The quantitative estimate of drug-likeness (QED) is 0.757. The number of rotatable bonds is 2. The zero-order chi connectivity index (χ0) is 13.4.